The number of anilines is 1. The van der Waals surface area contributed by atoms with Crippen LogP contribution in [0.1, 0.15) is 5.56 Å². The molecule has 5 nitrogen and oxygen atoms in total. The Kier molecular flexibility index (Phi) is 3.33. The first-order chi connectivity index (χ1) is 8.99. The van der Waals surface area contributed by atoms with E-state index >= 15 is 0 Å². The van der Waals surface area contributed by atoms with E-state index in [4.69, 9.17) is 10.5 Å². The quantitative estimate of drug-likeness (QED) is 0.522. The van der Waals surface area contributed by atoms with E-state index in [1.165, 1.54) is 36.4 Å². The second kappa shape index (κ2) is 4.93. The zero-order valence-corrected chi connectivity index (χ0v) is 10.1. The summed E-state index contributed by atoms with van der Waals surface area (Å²) in [6, 6.07) is 8.34. The molecule has 0 unspecified atom stereocenters. The summed E-state index contributed by atoms with van der Waals surface area (Å²) in [6.07, 6.45) is 0. The molecule has 2 aromatic carbocycles. The van der Waals surface area contributed by atoms with E-state index in [-0.39, 0.29) is 22.9 Å². The maximum Gasteiger partial charge on any atom is 0.334 e. The lowest BCUT2D eigenvalue weighted by Gasteiger charge is -2.09. The van der Waals surface area contributed by atoms with Crippen molar-refractivity contribution in [3.8, 4) is 11.5 Å². The zero-order chi connectivity index (χ0) is 14.0. The van der Waals surface area contributed by atoms with Gasteiger partial charge in [-0.05, 0) is 30.7 Å². The third kappa shape index (κ3) is 2.62. The Balaban J connectivity index is 2.46. The van der Waals surface area contributed by atoms with Gasteiger partial charge in [0.25, 0.3) is 0 Å². The van der Waals surface area contributed by atoms with Crippen LogP contribution in [0.3, 0.4) is 0 Å². The third-order valence-corrected chi connectivity index (χ3v) is 2.58. The molecule has 2 N–H and O–H groups in total. The molecular formula is C13H11FN2O3. The van der Waals surface area contributed by atoms with E-state index < -0.39 is 10.7 Å². The van der Waals surface area contributed by atoms with Crippen LogP contribution in [0.25, 0.3) is 0 Å². The molecule has 0 atom stereocenters. The average Bonchev–Trinajstić information content (AvgIpc) is 2.33. The molecular weight excluding hydrogens is 251 g/mol. The molecule has 0 aromatic heterocycles. The summed E-state index contributed by atoms with van der Waals surface area (Å²) in [5.74, 6) is -0.278. The minimum absolute atomic E-state index is 0.00319. The number of nitrogens with two attached hydrogens (primary N) is 1. The fraction of sp³-hybridized carbons (Fsp3) is 0.0769. The van der Waals surface area contributed by atoms with Crippen LogP contribution in [0.15, 0.2) is 36.4 Å². The number of nitro benzene ring substituents is 1. The minimum Gasteiger partial charge on any atom is -0.450 e. The van der Waals surface area contributed by atoms with Crippen LogP contribution in [-0.2, 0) is 0 Å². The number of aryl methyl sites for hydroxylation is 1. The van der Waals surface area contributed by atoms with Gasteiger partial charge in [0.2, 0.25) is 5.75 Å². The first kappa shape index (κ1) is 12.8. The lowest BCUT2D eigenvalue weighted by atomic mass is 10.2. The Morgan fingerprint density at radius 3 is 2.68 bits per heavy atom. The molecule has 2 aromatic rings. The number of para-hydroxylation sites is 1. The molecule has 2 rings (SSSR count). The molecule has 19 heavy (non-hydrogen) atoms. The first-order valence-electron chi connectivity index (χ1n) is 5.46. The van der Waals surface area contributed by atoms with E-state index in [1.807, 2.05) is 0 Å². The van der Waals surface area contributed by atoms with E-state index in [2.05, 4.69) is 0 Å². The van der Waals surface area contributed by atoms with Crippen molar-refractivity contribution < 1.29 is 14.1 Å². The second-order valence-corrected chi connectivity index (χ2v) is 3.96. The number of benzene rings is 2. The average molecular weight is 262 g/mol. The van der Waals surface area contributed by atoms with Crippen LogP contribution in [-0.4, -0.2) is 4.92 Å². The normalized spacial score (nSPS) is 10.2. The molecule has 98 valence electrons. The molecule has 0 saturated heterocycles. The van der Waals surface area contributed by atoms with Crippen molar-refractivity contribution in [2.24, 2.45) is 0 Å². The third-order valence-electron chi connectivity index (χ3n) is 2.58. The Morgan fingerprint density at radius 1 is 1.26 bits per heavy atom. The Hall–Kier alpha value is -2.63. The summed E-state index contributed by atoms with van der Waals surface area (Å²) in [4.78, 5) is 10.3. The number of nitrogens with zero attached hydrogens (tertiary/aromatic N) is 1. The van der Waals surface area contributed by atoms with Crippen molar-refractivity contribution in [3.05, 3.63) is 57.9 Å². The summed E-state index contributed by atoms with van der Waals surface area (Å²) in [5.41, 5.74) is 5.88. The number of halogens is 1. The number of ether oxygens (including phenoxy) is 1. The lowest BCUT2D eigenvalue weighted by Crippen LogP contribution is -1.99. The number of nitro groups is 1. The highest BCUT2D eigenvalue weighted by molar-refractivity contribution is 5.66. The Labute approximate surface area is 108 Å². The van der Waals surface area contributed by atoms with Crippen LogP contribution in [0.4, 0.5) is 15.8 Å². The van der Waals surface area contributed by atoms with E-state index in [1.54, 1.807) is 6.92 Å². The predicted octanol–water partition coefficient (Wildman–Crippen LogP) is 3.42. The van der Waals surface area contributed by atoms with Gasteiger partial charge in [-0.3, -0.25) is 10.1 Å². The molecule has 0 spiro atoms. The van der Waals surface area contributed by atoms with Gasteiger partial charge in [0.1, 0.15) is 17.3 Å². The van der Waals surface area contributed by atoms with Crippen molar-refractivity contribution in [2.45, 2.75) is 6.92 Å². The highest BCUT2D eigenvalue weighted by atomic mass is 19.1. The van der Waals surface area contributed by atoms with Crippen molar-refractivity contribution in [1.82, 2.24) is 0 Å². The number of rotatable bonds is 3. The van der Waals surface area contributed by atoms with Crippen LogP contribution in [0.2, 0.25) is 0 Å². The van der Waals surface area contributed by atoms with Gasteiger partial charge in [-0.15, -0.1) is 0 Å². The fourth-order valence-electron chi connectivity index (χ4n) is 1.62. The Bertz CT molecular complexity index is 644. The van der Waals surface area contributed by atoms with Gasteiger partial charge < -0.3 is 10.5 Å². The number of hydrogen-bond acceptors (Lipinski definition) is 4. The molecule has 0 aliphatic carbocycles. The van der Waals surface area contributed by atoms with Crippen molar-refractivity contribution in [1.29, 1.82) is 0 Å². The maximum atomic E-state index is 13.1. The topological polar surface area (TPSA) is 78.4 Å². The molecule has 0 fully saturated rings. The highest BCUT2D eigenvalue weighted by Gasteiger charge is 2.20. The van der Waals surface area contributed by atoms with Gasteiger partial charge in [-0.1, -0.05) is 12.1 Å². The SMILES string of the molecule is Cc1ccc(F)cc1Oc1cccc(N)c1[N+](=O)[O-]. The largest absolute Gasteiger partial charge is 0.450 e. The molecule has 0 aliphatic heterocycles. The first-order valence-corrected chi connectivity index (χ1v) is 5.46. The summed E-state index contributed by atoms with van der Waals surface area (Å²) in [6.45, 7) is 1.72. The standard InChI is InChI=1S/C13H11FN2O3/c1-8-5-6-9(14)7-12(8)19-11-4-2-3-10(15)13(11)16(17)18/h2-7H,15H2,1H3. The van der Waals surface area contributed by atoms with E-state index in [0.717, 1.165) is 0 Å². The second-order valence-electron chi connectivity index (χ2n) is 3.96. The van der Waals surface area contributed by atoms with Gasteiger partial charge in [0.15, 0.2) is 0 Å². The van der Waals surface area contributed by atoms with Crippen LogP contribution in [0.5, 0.6) is 11.5 Å². The van der Waals surface area contributed by atoms with Gasteiger partial charge in [0.05, 0.1) is 4.92 Å². The van der Waals surface area contributed by atoms with E-state index in [9.17, 15) is 14.5 Å². The summed E-state index contributed by atoms with van der Waals surface area (Å²) >= 11 is 0. The maximum absolute atomic E-state index is 13.1. The van der Waals surface area contributed by atoms with Crippen LogP contribution >= 0.6 is 0 Å². The summed E-state index contributed by atoms with van der Waals surface area (Å²) in [7, 11) is 0. The number of nitrogen functional groups attached to an aromatic ring is 1. The van der Waals surface area contributed by atoms with Gasteiger partial charge >= 0.3 is 5.69 Å². The molecule has 0 amide bonds. The molecule has 0 radical (unpaired) electrons. The van der Waals surface area contributed by atoms with Crippen molar-refractivity contribution in [2.75, 3.05) is 5.73 Å². The zero-order valence-electron chi connectivity index (χ0n) is 10.1. The van der Waals surface area contributed by atoms with Crippen LogP contribution < -0.4 is 10.5 Å². The van der Waals surface area contributed by atoms with Crippen molar-refractivity contribution in [3.63, 3.8) is 0 Å². The molecule has 6 heteroatoms. The molecule has 0 bridgehead atoms. The van der Waals surface area contributed by atoms with Crippen LogP contribution in [0, 0.1) is 22.9 Å². The lowest BCUT2D eigenvalue weighted by molar-refractivity contribution is -0.384. The smallest absolute Gasteiger partial charge is 0.334 e. The van der Waals surface area contributed by atoms with Crippen molar-refractivity contribution >= 4 is 11.4 Å². The Morgan fingerprint density at radius 2 is 2.00 bits per heavy atom. The number of hydrogen-bond donors (Lipinski definition) is 1. The molecule has 0 heterocycles. The van der Waals surface area contributed by atoms with Gasteiger partial charge in [0, 0.05) is 6.07 Å². The summed E-state index contributed by atoms with van der Waals surface area (Å²) < 4.78 is 18.6. The summed E-state index contributed by atoms with van der Waals surface area (Å²) in [5, 5.41) is 11.0. The highest BCUT2D eigenvalue weighted by Crippen LogP contribution is 2.36. The minimum atomic E-state index is -0.626. The van der Waals surface area contributed by atoms with Gasteiger partial charge in [-0.25, -0.2) is 4.39 Å². The predicted molar refractivity (Wildman–Crippen MR) is 68.7 cm³/mol. The molecule has 0 saturated carbocycles. The molecule has 0 aliphatic rings. The monoisotopic (exact) mass is 262 g/mol. The fourth-order valence-corrected chi connectivity index (χ4v) is 1.62. The van der Waals surface area contributed by atoms with E-state index in [0.29, 0.717) is 5.56 Å². The van der Waals surface area contributed by atoms with Gasteiger partial charge in [-0.2, -0.15) is 0 Å².